The predicted octanol–water partition coefficient (Wildman–Crippen LogP) is 3.87. The van der Waals surface area contributed by atoms with Crippen molar-refractivity contribution >= 4 is 33.5 Å². The number of carbonyl (C=O) groups is 1. The number of aromatic nitrogens is 1. The normalized spacial score (nSPS) is 10.2. The Morgan fingerprint density at radius 2 is 1.95 bits per heavy atom. The third-order valence-electron chi connectivity index (χ3n) is 2.89. The zero-order valence-electron chi connectivity index (χ0n) is 11.9. The molecule has 0 saturated heterocycles. The summed E-state index contributed by atoms with van der Waals surface area (Å²) < 4.78 is 16.4. The summed E-state index contributed by atoms with van der Waals surface area (Å²) in [6.07, 6.45) is 1.50. The molecule has 0 fully saturated rings. The lowest BCUT2D eigenvalue weighted by Gasteiger charge is -2.12. The van der Waals surface area contributed by atoms with Crippen molar-refractivity contribution in [3.8, 4) is 11.5 Å². The Labute approximate surface area is 141 Å². The van der Waals surface area contributed by atoms with Crippen LogP contribution in [-0.4, -0.2) is 25.2 Å². The minimum atomic E-state index is -0.542. The summed E-state index contributed by atoms with van der Waals surface area (Å²) in [5.41, 5.74) is 0.965. The lowest BCUT2D eigenvalue weighted by atomic mass is 10.2. The first-order valence-corrected chi connectivity index (χ1v) is 7.42. The van der Waals surface area contributed by atoms with Crippen LogP contribution in [0.25, 0.3) is 0 Å². The number of benzene rings is 1. The van der Waals surface area contributed by atoms with Crippen LogP contribution in [-0.2, 0) is 11.3 Å². The number of esters is 1. The molecule has 1 aromatic carbocycles. The molecule has 0 bridgehead atoms. The van der Waals surface area contributed by atoms with Crippen LogP contribution in [0, 0.1) is 0 Å². The lowest BCUT2D eigenvalue weighted by Crippen LogP contribution is -2.07. The number of hydrogen-bond donors (Lipinski definition) is 0. The van der Waals surface area contributed by atoms with Gasteiger partial charge in [-0.05, 0) is 24.3 Å². The SMILES string of the molecule is COc1cc(Br)c(COC(=O)c2cccnc2Cl)cc1OC. The topological polar surface area (TPSA) is 57.7 Å². The monoisotopic (exact) mass is 385 g/mol. The van der Waals surface area contributed by atoms with E-state index in [0.717, 1.165) is 10.0 Å². The third kappa shape index (κ3) is 3.69. The van der Waals surface area contributed by atoms with E-state index in [-0.39, 0.29) is 17.3 Å². The molecular formula is C15H13BrClNO4. The van der Waals surface area contributed by atoms with Crippen molar-refractivity contribution in [2.75, 3.05) is 14.2 Å². The highest BCUT2D eigenvalue weighted by Gasteiger charge is 2.15. The molecule has 0 spiro atoms. The van der Waals surface area contributed by atoms with Gasteiger partial charge in [-0.3, -0.25) is 0 Å². The summed E-state index contributed by atoms with van der Waals surface area (Å²) in [6, 6.07) is 6.66. The van der Waals surface area contributed by atoms with Gasteiger partial charge in [-0.2, -0.15) is 0 Å². The number of halogens is 2. The molecule has 0 atom stereocenters. The van der Waals surface area contributed by atoms with Gasteiger partial charge in [-0.25, -0.2) is 9.78 Å². The smallest absolute Gasteiger partial charge is 0.341 e. The van der Waals surface area contributed by atoms with Gasteiger partial charge >= 0.3 is 5.97 Å². The average molecular weight is 387 g/mol. The zero-order valence-corrected chi connectivity index (χ0v) is 14.3. The number of pyridine rings is 1. The fraction of sp³-hybridized carbons (Fsp3) is 0.200. The van der Waals surface area contributed by atoms with Gasteiger partial charge in [0, 0.05) is 16.2 Å². The number of nitrogens with zero attached hydrogens (tertiary/aromatic N) is 1. The Bertz CT molecular complexity index is 693. The van der Waals surface area contributed by atoms with Gasteiger partial charge in [0.15, 0.2) is 11.5 Å². The van der Waals surface area contributed by atoms with E-state index in [1.807, 2.05) is 0 Å². The fourth-order valence-corrected chi connectivity index (χ4v) is 2.40. The molecule has 2 rings (SSSR count). The van der Waals surface area contributed by atoms with Gasteiger partial charge in [0.1, 0.15) is 11.8 Å². The third-order valence-corrected chi connectivity index (χ3v) is 3.93. The van der Waals surface area contributed by atoms with Gasteiger partial charge in [-0.15, -0.1) is 0 Å². The second-order valence-corrected chi connectivity index (χ2v) is 5.43. The van der Waals surface area contributed by atoms with Crippen molar-refractivity contribution in [3.63, 3.8) is 0 Å². The molecule has 0 radical (unpaired) electrons. The number of carbonyl (C=O) groups excluding carboxylic acids is 1. The standard InChI is InChI=1S/C15H13BrClNO4/c1-20-12-6-9(11(16)7-13(12)21-2)8-22-15(19)10-4-3-5-18-14(10)17/h3-7H,8H2,1-2H3. The quantitative estimate of drug-likeness (QED) is 0.577. The molecule has 0 aliphatic carbocycles. The molecule has 116 valence electrons. The van der Waals surface area contributed by atoms with Crippen LogP contribution in [0.2, 0.25) is 5.15 Å². The molecule has 0 aliphatic heterocycles. The highest BCUT2D eigenvalue weighted by Crippen LogP contribution is 2.33. The van der Waals surface area contributed by atoms with Crippen molar-refractivity contribution in [2.45, 2.75) is 6.61 Å². The van der Waals surface area contributed by atoms with E-state index >= 15 is 0 Å². The molecule has 22 heavy (non-hydrogen) atoms. The van der Waals surface area contributed by atoms with Crippen molar-refractivity contribution < 1.29 is 19.0 Å². The Morgan fingerprint density at radius 1 is 1.27 bits per heavy atom. The number of rotatable bonds is 5. The first-order chi connectivity index (χ1) is 10.6. The van der Waals surface area contributed by atoms with E-state index < -0.39 is 5.97 Å². The fourth-order valence-electron chi connectivity index (χ4n) is 1.77. The van der Waals surface area contributed by atoms with E-state index in [1.54, 1.807) is 31.4 Å². The molecule has 0 saturated carbocycles. The van der Waals surface area contributed by atoms with E-state index in [4.69, 9.17) is 25.8 Å². The maximum atomic E-state index is 12.0. The van der Waals surface area contributed by atoms with E-state index in [1.165, 1.54) is 13.3 Å². The molecule has 1 heterocycles. The van der Waals surface area contributed by atoms with E-state index in [2.05, 4.69) is 20.9 Å². The Balaban J connectivity index is 2.15. The molecular weight excluding hydrogens is 374 g/mol. The van der Waals surface area contributed by atoms with Crippen LogP contribution in [0.15, 0.2) is 34.9 Å². The summed E-state index contributed by atoms with van der Waals surface area (Å²) in [7, 11) is 3.09. The van der Waals surface area contributed by atoms with Gasteiger partial charge in [0.2, 0.25) is 0 Å². The second-order valence-electron chi connectivity index (χ2n) is 4.22. The van der Waals surface area contributed by atoms with Crippen LogP contribution in [0.5, 0.6) is 11.5 Å². The molecule has 0 amide bonds. The van der Waals surface area contributed by atoms with E-state index in [0.29, 0.717) is 11.5 Å². The van der Waals surface area contributed by atoms with Crippen LogP contribution in [0.1, 0.15) is 15.9 Å². The Hall–Kier alpha value is -1.79. The number of methoxy groups -OCH3 is 2. The molecule has 7 heteroatoms. The summed E-state index contributed by atoms with van der Waals surface area (Å²) in [5.74, 6) is 0.593. The predicted molar refractivity (Wildman–Crippen MR) is 85.6 cm³/mol. The maximum Gasteiger partial charge on any atom is 0.341 e. The van der Waals surface area contributed by atoms with Crippen molar-refractivity contribution in [1.82, 2.24) is 4.98 Å². The molecule has 5 nitrogen and oxygen atoms in total. The van der Waals surface area contributed by atoms with Crippen molar-refractivity contribution in [1.29, 1.82) is 0 Å². The first kappa shape index (κ1) is 16.6. The summed E-state index contributed by atoms with van der Waals surface area (Å²) >= 11 is 9.27. The molecule has 0 N–H and O–H groups in total. The highest BCUT2D eigenvalue weighted by atomic mass is 79.9. The maximum absolute atomic E-state index is 12.0. The lowest BCUT2D eigenvalue weighted by molar-refractivity contribution is 0.0471. The van der Waals surface area contributed by atoms with Gasteiger partial charge in [-0.1, -0.05) is 27.5 Å². The largest absolute Gasteiger partial charge is 0.493 e. The Kier molecular flexibility index (Phi) is 5.63. The molecule has 1 aromatic heterocycles. The van der Waals surface area contributed by atoms with E-state index in [9.17, 15) is 4.79 Å². The van der Waals surface area contributed by atoms with Crippen LogP contribution < -0.4 is 9.47 Å². The summed E-state index contributed by atoms with van der Waals surface area (Å²) in [6.45, 7) is 0.0605. The molecule has 0 unspecified atom stereocenters. The minimum absolute atomic E-state index is 0.0605. The number of hydrogen-bond acceptors (Lipinski definition) is 5. The minimum Gasteiger partial charge on any atom is -0.493 e. The van der Waals surface area contributed by atoms with Gasteiger partial charge in [0.05, 0.1) is 19.8 Å². The van der Waals surface area contributed by atoms with Gasteiger partial charge in [0.25, 0.3) is 0 Å². The van der Waals surface area contributed by atoms with Crippen LogP contribution in [0.3, 0.4) is 0 Å². The van der Waals surface area contributed by atoms with Crippen molar-refractivity contribution in [2.24, 2.45) is 0 Å². The van der Waals surface area contributed by atoms with Crippen LogP contribution >= 0.6 is 27.5 Å². The highest BCUT2D eigenvalue weighted by molar-refractivity contribution is 9.10. The summed E-state index contributed by atoms with van der Waals surface area (Å²) in [5, 5.41) is 0.110. The second kappa shape index (κ2) is 7.47. The number of ether oxygens (including phenoxy) is 3. The molecule has 0 aliphatic rings. The molecule has 2 aromatic rings. The first-order valence-electron chi connectivity index (χ1n) is 6.25. The zero-order chi connectivity index (χ0) is 16.1. The van der Waals surface area contributed by atoms with Gasteiger partial charge < -0.3 is 14.2 Å². The average Bonchev–Trinajstić information content (AvgIpc) is 2.53. The van der Waals surface area contributed by atoms with Crippen molar-refractivity contribution in [3.05, 3.63) is 51.2 Å². The summed E-state index contributed by atoms with van der Waals surface area (Å²) in [4.78, 5) is 15.9. The Morgan fingerprint density at radius 3 is 2.59 bits per heavy atom. The van der Waals surface area contributed by atoms with Crippen LogP contribution in [0.4, 0.5) is 0 Å².